The van der Waals surface area contributed by atoms with E-state index >= 15 is 0 Å². The molecule has 1 saturated heterocycles. The van der Waals surface area contributed by atoms with Crippen LogP contribution in [0, 0.1) is 11.3 Å². The number of fused-ring (bicyclic) bond motifs is 2. The highest BCUT2D eigenvalue weighted by atomic mass is 127. The van der Waals surface area contributed by atoms with E-state index in [9.17, 15) is 23.1 Å². The number of carboxylic acid groups (broad SMARTS) is 1. The predicted octanol–water partition coefficient (Wildman–Crippen LogP) is 4.27. The molecule has 6 N–H and O–H groups in total. The topological polar surface area (TPSA) is 177 Å². The summed E-state index contributed by atoms with van der Waals surface area (Å²) in [4.78, 5) is 24.9. The van der Waals surface area contributed by atoms with Crippen molar-refractivity contribution in [1.29, 1.82) is 5.41 Å². The van der Waals surface area contributed by atoms with Gasteiger partial charge in [-0.25, -0.2) is 13.2 Å². The normalized spacial score (nSPS) is 21.8. The minimum absolute atomic E-state index is 0. The molecule has 1 amide bonds. The predicted molar refractivity (Wildman–Crippen MR) is 170 cm³/mol. The second-order valence-corrected chi connectivity index (χ2v) is 13.1. The summed E-state index contributed by atoms with van der Waals surface area (Å²) in [6, 6.07) is 18.1. The van der Waals surface area contributed by atoms with Crippen LogP contribution in [-0.2, 0) is 25.8 Å². The van der Waals surface area contributed by atoms with Gasteiger partial charge in [0.1, 0.15) is 11.9 Å². The van der Waals surface area contributed by atoms with E-state index in [-0.39, 0.29) is 60.0 Å². The molecule has 1 aliphatic carbocycles. The fourth-order valence-electron chi connectivity index (χ4n) is 6.36. The second-order valence-electron chi connectivity index (χ2n) is 10.9. The summed E-state index contributed by atoms with van der Waals surface area (Å²) in [7, 11) is -4.47. The zero-order chi connectivity index (χ0) is 29.4. The van der Waals surface area contributed by atoms with Crippen molar-refractivity contribution in [2.75, 3.05) is 6.54 Å². The molecule has 0 spiro atoms. The molecule has 5 rings (SSSR count). The first-order chi connectivity index (χ1) is 19.5. The molecule has 1 aliphatic heterocycles. The van der Waals surface area contributed by atoms with Crippen LogP contribution in [0.1, 0.15) is 43.2 Å². The molecule has 3 aromatic carbocycles. The van der Waals surface area contributed by atoms with Gasteiger partial charge in [-0.1, -0.05) is 61.4 Å². The van der Waals surface area contributed by atoms with Crippen LogP contribution in [0.25, 0.3) is 10.8 Å². The number of halogens is 1. The van der Waals surface area contributed by atoms with Crippen molar-refractivity contribution >= 4 is 62.5 Å². The monoisotopic (exact) mass is 706 g/mol. The van der Waals surface area contributed by atoms with E-state index in [1.54, 1.807) is 47.4 Å². The number of amidine groups is 1. The Balaban J connectivity index is 0.00000405. The van der Waals surface area contributed by atoms with Crippen molar-refractivity contribution in [2.45, 2.75) is 60.4 Å². The molecule has 3 unspecified atom stereocenters. The number of carbonyl (C=O) groups is 2. The standard InChI is InChI=1S/C30H34N4O6S.HI/c31-27(32)22-9-5-6-19(16-22)18-30(33,41(38,39)23-13-12-20-7-1-2-8-21(20)17-23)28(35)34-15-14-26(40-29(36)37)24-10-3-4-11-25(24)34;/h1-2,5-9,12-13,16-17,24-26H,3-4,10-11,14-15,18,33H2,(H3,31,32)(H,36,37);1H/t24?,25?,26?,30-;/m1./s1. The first kappa shape index (κ1) is 31.7. The molecule has 1 heterocycles. The number of rotatable bonds is 7. The van der Waals surface area contributed by atoms with Crippen LogP contribution in [0.4, 0.5) is 4.79 Å². The zero-order valence-corrected chi connectivity index (χ0v) is 26.1. The lowest BCUT2D eigenvalue weighted by atomic mass is 9.76. The second kappa shape index (κ2) is 12.6. The van der Waals surface area contributed by atoms with Gasteiger partial charge < -0.3 is 26.2 Å². The Bertz CT molecular complexity index is 1620. The van der Waals surface area contributed by atoms with Crippen molar-refractivity contribution in [3.05, 3.63) is 77.9 Å². The molecule has 2 fully saturated rings. The SMILES string of the molecule is I.N=C(N)c1cccc(C[C@](N)(C(=O)N2CCC(OC(=O)O)C3CCCCC32)S(=O)(=O)c2ccc3ccccc3c2)c1. The summed E-state index contributed by atoms with van der Waals surface area (Å²) in [5, 5.41) is 18.6. The van der Waals surface area contributed by atoms with Crippen molar-refractivity contribution < 1.29 is 27.9 Å². The molecule has 2 aliphatic rings. The number of nitrogens with one attached hydrogen (secondary N) is 1. The van der Waals surface area contributed by atoms with Gasteiger partial charge in [-0.15, -0.1) is 24.0 Å². The number of piperidine rings is 1. The van der Waals surface area contributed by atoms with Gasteiger partial charge in [-0.05, 0) is 47.4 Å². The van der Waals surface area contributed by atoms with Crippen molar-refractivity contribution in [3.8, 4) is 0 Å². The number of likely N-dealkylation sites (tertiary alicyclic amines) is 1. The third kappa shape index (κ3) is 5.97. The highest BCUT2D eigenvalue weighted by molar-refractivity contribution is 14.0. The number of hydrogen-bond donors (Lipinski definition) is 4. The van der Waals surface area contributed by atoms with Gasteiger partial charge in [-0.2, -0.15) is 0 Å². The van der Waals surface area contributed by atoms with E-state index in [1.807, 2.05) is 12.1 Å². The third-order valence-corrected chi connectivity index (χ3v) is 10.6. The quantitative estimate of drug-likeness (QED) is 0.122. The van der Waals surface area contributed by atoms with Crippen LogP contribution in [0.2, 0.25) is 0 Å². The van der Waals surface area contributed by atoms with E-state index in [1.165, 1.54) is 12.1 Å². The van der Waals surface area contributed by atoms with Gasteiger partial charge >= 0.3 is 6.16 Å². The average Bonchev–Trinajstić information content (AvgIpc) is 2.96. The molecular formula is C30H35IN4O6S. The number of carbonyl (C=O) groups excluding carboxylic acids is 1. The number of hydrogen-bond acceptors (Lipinski definition) is 7. The number of sulfone groups is 1. The maximum Gasteiger partial charge on any atom is 0.506 e. The Morgan fingerprint density at radius 1 is 1.00 bits per heavy atom. The number of nitrogens with two attached hydrogens (primary N) is 2. The smallest absolute Gasteiger partial charge is 0.450 e. The Morgan fingerprint density at radius 3 is 2.43 bits per heavy atom. The zero-order valence-electron chi connectivity index (χ0n) is 22.9. The van der Waals surface area contributed by atoms with E-state index in [4.69, 9.17) is 21.6 Å². The number of amides is 1. The Hall–Kier alpha value is -3.23. The van der Waals surface area contributed by atoms with E-state index in [2.05, 4.69) is 0 Å². The molecule has 3 aromatic rings. The van der Waals surface area contributed by atoms with Crippen molar-refractivity contribution in [1.82, 2.24) is 4.90 Å². The molecule has 10 nitrogen and oxygen atoms in total. The molecular weight excluding hydrogens is 671 g/mol. The summed E-state index contributed by atoms with van der Waals surface area (Å²) in [5.41, 5.74) is 13.3. The highest BCUT2D eigenvalue weighted by Crippen LogP contribution is 2.39. The fourth-order valence-corrected chi connectivity index (χ4v) is 8.01. The summed E-state index contributed by atoms with van der Waals surface area (Å²) < 4.78 is 34.0. The molecule has 0 aromatic heterocycles. The van der Waals surface area contributed by atoms with Gasteiger partial charge in [0.2, 0.25) is 14.7 Å². The number of ether oxygens (including phenoxy) is 1. The summed E-state index contributed by atoms with van der Waals surface area (Å²) in [6.45, 7) is 0.123. The minimum atomic E-state index is -4.47. The molecule has 0 bridgehead atoms. The van der Waals surface area contributed by atoms with Crippen LogP contribution in [0.3, 0.4) is 0 Å². The summed E-state index contributed by atoms with van der Waals surface area (Å²) in [5.74, 6) is -1.17. The van der Waals surface area contributed by atoms with Crippen LogP contribution < -0.4 is 11.5 Å². The number of benzene rings is 3. The van der Waals surface area contributed by atoms with Crippen LogP contribution in [0.5, 0.6) is 0 Å². The summed E-state index contributed by atoms with van der Waals surface area (Å²) in [6.07, 6.45) is 0.930. The van der Waals surface area contributed by atoms with Gasteiger partial charge in [0.05, 0.1) is 4.90 Å². The lowest BCUT2D eigenvalue weighted by molar-refractivity contribution is -0.145. The highest BCUT2D eigenvalue weighted by Gasteiger charge is 2.54. The maximum atomic E-state index is 14.5. The lowest BCUT2D eigenvalue weighted by Crippen LogP contribution is -2.66. The fraction of sp³-hybridized carbons (Fsp3) is 0.367. The van der Waals surface area contributed by atoms with Crippen LogP contribution >= 0.6 is 24.0 Å². The molecule has 1 saturated carbocycles. The van der Waals surface area contributed by atoms with E-state index in [0.29, 0.717) is 29.4 Å². The largest absolute Gasteiger partial charge is 0.506 e. The third-order valence-electron chi connectivity index (χ3n) is 8.40. The molecule has 12 heteroatoms. The average molecular weight is 707 g/mol. The van der Waals surface area contributed by atoms with Crippen LogP contribution in [0.15, 0.2) is 71.6 Å². The molecule has 0 radical (unpaired) electrons. The van der Waals surface area contributed by atoms with Gasteiger partial charge in [-0.3, -0.25) is 10.2 Å². The van der Waals surface area contributed by atoms with Crippen molar-refractivity contribution in [3.63, 3.8) is 0 Å². The first-order valence-corrected chi connectivity index (χ1v) is 15.2. The molecule has 224 valence electrons. The lowest BCUT2D eigenvalue weighted by Gasteiger charge is -2.49. The van der Waals surface area contributed by atoms with Gasteiger partial charge in [0.25, 0.3) is 5.91 Å². The summed E-state index contributed by atoms with van der Waals surface area (Å²) >= 11 is 0. The first-order valence-electron chi connectivity index (χ1n) is 13.7. The van der Waals surface area contributed by atoms with Gasteiger partial charge in [0, 0.05) is 36.9 Å². The Morgan fingerprint density at radius 2 is 1.71 bits per heavy atom. The molecule has 42 heavy (non-hydrogen) atoms. The number of nitrogens with zero attached hydrogens (tertiary/aromatic N) is 1. The van der Waals surface area contributed by atoms with E-state index in [0.717, 1.165) is 18.2 Å². The Labute approximate surface area is 261 Å². The minimum Gasteiger partial charge on any atom is -0.450 e. The van der Waals surface area contributed by atoms with Gasteiger partial charge in [0.15, 0.2) is 0 Å². The van der Waals surface area contributed by atoms with Crippen molar-refractivity contribution in [2.24, 2.45) is 17.4 Å². The Kier molecular flexibility index (Phi) is 9.48. The van der Waals surface area contributed by atoms with E-state index < -0.39 is 38.9 Å². The number of nitrogen functional groups attached to an aromatic ring is 1. The molecule has 4 atom stereocenters. The van der Waals surface area contributed by atoms with Crippen LogP contribution in [-0.4, -0.2) is 59.9 Å². The maximum absolute atomic E-state index is 14.5.